The Kier molecular flexibility index (Phi) is 3.90. The number of nitrogens with zero attached hydrogens (tertiary/aromatic N) is 3. The molecule has 0 saturated carbocycles. The van der Waals surface area contributed by atoms with Crippen LogP contribution in [0.1, 0.15) is 6.92 Å². The molecule has 0 spiro atoms. The summed E-state index contributed by atoms with van der Waals surface area (Å²) in [5.41, 5.74) is 3.77. The first-order valence-electron chi connectivity index (χ1n) is 8.19. The Morgan fingerprint density at radius 3 is 2.48 bits per heavy atom. The molecular weight excluding hydrogens is 315 g/mol. The third-order valence-corrected chi connectivity index (χ3v) is 4.12. The van der Waals surface area contributed by atoms with Gasteiger partial charge >= 0.3 is 0 Å². The molecular formula is C20H17FN4. The lowest BCUT2D eigenvalue weighted by Crippen LogP contribution is -2.01. The zero-order chi connectivity index (χ0) is 17.2. The fraction of sp³-hybridized carbons (Fsp3) is 0.100. The van der Waals surface area contributed by atoms with E-state index in [0.717, 1.165) is 40.2 Å². The highest BCUT2D eigenvalue weighted by molar-refractivity contribution is 6.02. The fourth-order valence-corrected chi connectivity index (χ4v) is 3.00. The van der Waals surface area contributed by atoms with Crippen LogP contribution in [-0.4, -0.2) is 21.1 Å². The molecule has 0 amide bonds. The molecule has 2 aromatic heterocycles. The van der Waals surface area contributed by atoms with Crippen molar-refractivity contribution in [1.29, 1.82) is 0 Å². The molecule has 4 aromatic rings. The molecule has 0 saturated heterocycles. The van der Waals surface area contributed by atoms with Crippen LogP contribution in [0.3, 0.4) is 0 Å². The first-order chi connectivity index (χ1) is 12.3. The summed E-state index contributed by atoms with van der Waals surface area (Å²) in [5, 5.41) is 4.27. The lowest BCUT2D eigenvalue weighted by Gasteiger charge is -2.07. The number of hydrogen-bond acceptors (Lipinski definition) is 3. The average Bonchev–Trinajstić information content (AvgIpc) is 3.04. The Balaban J connectivity index is 2.02. The third-order valence-electron chi connectivity index (χ3n) is 4.12. The number of fused-ring (bicyclic) bond motifs is 1. The molecule has 1 N–H and O–H groups in total. The lowest BCUT2D eigenvalue weighted by atomic mass is 10.1. The van der Waals surface area contributed by atoms with E-state index in [1.807, 2.05) is 35.9 Å². The van der Waals surface area contributed by atoms with Crippen molar-refractivity contribution in [3.8, 4) is 16.8 Å². The molecule has 0 unspecified atom stereocenters. The zero-order valence-corrected chi connectivity index (χ0v) is 13.8. The largest absolute Gasteiger partial charge is 0.370 e. The first kappa shape index (κ1) is 15.3. The molecule has 0 aliphatic carbocycles. The van der Waals surface area contributed by atoms with Gasteiger partial charge in [0.25, 0.3) is 0 Å². The van der Waals surface area contributed by atoms with E-state index < -0.39 is 0 Å². The number of rotatable bonds is 4. The van der Waals surface area contributed by atoms with Gasteiger partial charge < -0.3 is 9.88 Å². The summed E-state index contributed by atoms with van der Waals surface area (Å²) in [4.78, 5) is 8.90. The summed E-state index contributed by atoms with van der Waals surface area (Å²) in [5.74, 6) is 0.540. The number of nitrogens with one attached hydrogen (secondary N) is 1. The second-order valence-corrected chi connectivity index (χ2v) is 5.71. The van der Waals surface area contributed by atoms with Gasteiger partial charge in [-0.25, -0.2) is 14.4 Å². The average molecular weight is 332 g/mol. The Hall–Kier alpha value is -3.21. The Bertz CT molecular complexity index is 1010. The summed E-state index contributed by atoms with van der Waals surface area (Å²) in [7, 11) is 0. The molecule has 0 aliphatic rings. The van der Waals surface area contributed by atoms with E-state index in [2.05, 4.69) is 27.4 Å². The molecule has 0 radical (unpaired) electrons. The molecule has 124 valence electrons. The van der Waals surface area contributed by atoms with Gasteiger partial charge in [0, 0.05) is 24.0 Å². The predicted octanol–water partition coefficient (Wildman–Crippen LogP) is 4.66. The van der Waals surface area contributed by atoms with Crippen LogP contribution < -0.4 is 5.32 Å². The first-order valence-corrected chi connectivity index (χ1v) is 8.19. The summed E-state index contributed by atoms with van der Waals surface area (Å²) < 4.78 is 15.3. The molecule has 4 rings (SSSR count). The van der Waals surface area contributed by atoms with E-state index in [4.69, 9.17) is 0 Å². The molecule has 2 aromatic carbocycles. The summed E-state index contributed by atoms with van der Waals surface area (Å²) in [6.45, 7) is 2.80. The Morgan fingerprint density at radius 2 is 1.76 bits per heavy atom. The quantitative estimate of drug-likeness (QED) is 0.591. The van der Waals surface area contributed by atoms with Crippen LogP contribution >= 0.6 is 0 Å². The van der Waals surface area contributed by atoms with Gasteiger partial charge in [-0.2, -0.15) is 0 Å². The van der Waals surface area contributed by atoms with Crippen LogP contribution in [0.4, 0.5) is 10.2 Å². The molecule has 5 heteroatoms. The van der Waals surface area contributed by atoms with Gasteiger partial charge in [0.15, 0.2) is 5.65 Å². The Labute approximate surface area is 145 Å². The van der Waals surface area contributed by atoms with Crippen molar-refractivity contribution in [2.75, 3.05) is 11.9 Å². The van der Waals surface area contributed by atoms with Crippen LogP contribution in [0.25, 0.3) is 27.8 Å². The molecule has 25 heavy (non-hydrogen) atoms. The molecule has 0 aliphatic heterocycles. The summed E-state index contributed by atoms with van der Waals surface area (Å²) in [6.07, 6.45) is 3.58. The van der Waals surface area contributed by atoms with E-state index in [-0.39, 0.29) is 5.82 Å². The lowest BCUT2D eigenvalue weighted by molar-refractivity contribution is 0.627. The van der Waals surface area contributed by atoms with Crippen LogP contribution in [0, 0.1) is 5.82 Å². The van der Waals surface area contributed by atoms with Crippen molar-refractivity contribution >= 4 is 16.9 Å². The normalized spacial score (nSPS) is 11.0. The smallest absolute Gasteiger partial charge is 0.150 e. The number of benzene rings is 2. The highest BCUT2D eigenvalue weighted by Gasteiger charge is 2.16. The SMILES string of the molecule is CCNc1ncnc2c1c(-c1ccccc1)cn2-c1ccc(F)cc1. The second kappa shape index (κ2) is 6.36. The monoisotopic (exact) mass is 332 g/mol. The number of aromatic nitrogens is 3. The minimum absolute atomic E-state index is 0.258. The maximum Gasteiger partial charge on any atom is 0.150 e. The highest BCUT2D eigenvalue weighted by Crippen LogP contribution is 2.35. The number of anilines is 1. The number of hydrogen-bond donors (Lipinski definition) is 1. The van der Waals surface area contributed by atoms with Crippen molar-refractivity contribution in [2.24, 2.45) is 0 Å². The maximum atomic E-state index is 13.3. The van der Waals surface area contributed by atoms with Gasteiger partial charge in [-0.3, -0.25) is 0 Å². The van der Waals surface area contributed by atoms with Crippen LogP contribution in [0.15, 0.2) is 67.1 Å². The van der Waals surface area contributed by atoms with E-state index in [0.29, 0.717) is 0 Å². The van der Waals surface area contributed by atoms with E-state index in [1.54, 1.807) is 18.5 Å². The molecule has 0 bridgehead atoms. The summed E-state index contributed by atoms with van der Waals surface area (Å²) >= 11 is 0. The maximum absolute atomic E-state index is 13.3. The van der Waals surface area contributed by atoms with Gasteiger partial charge in [0.1, 0.15) is 18.0 Å². The van der Waals surface area contributed by atoms with E-state index in [1.165, 1.54) is 12.1 Å². The van der Waals surface area contributed by atoms with Gasteiger partial charge in [-0.15, -0.1) is 0 Å². The van der Waals surface area contributed by atoms with Gasteiger partial charge in [-0.1, -0.05) is 30.3 Å². The molecule has 0 fully saturated rings. The van der Waals surface area contributed by atoms with Crippen molar-refractivity contribution in [3.63, 3.8) is 0 Å². The van der Waals surface area contributed by atoms with Crippen LogP contribution in [-0.2, 0) is 0 Å². The van der Waals surface area contributed by atoms with Crippen molar-refractivity contribution < 1.29 is 4.39 Å². The third kappa shape index (κ3) is 2.74. The predicted molar refractivity (Wildman–Crippen MR) is 98.4 cm³/mol. The minimum atomic E-state index is -0.258. The topological polar surface area (TPSA) is 42.7 Å². The van der Waals surface area contributed by atoms with Gasteiger partial charge in [0.05, 0.1) is 5.39 Å². The van der Waals surface area contributed by atoms with Crippen molar-refractivity contribution in [2.45, 2.75) is 6.92 Å². The Morgan fingerprint density at radius 1 is 1.00 bits per heavy atom. The highest BCUT2D eigenvalue weighted by atomic mass is 19.1. The van der Waals surface area contributed by atoms with E-state index >= 15 is 0 Å². The molecule has 2 heterocycles. The van der Waals surface area contributed by atoms with Gasteiger partial charge in [-0.05, 0) is 36.8 Å². The molecule has 4 nitrogen and oxygen atoms in total. The van der Waals surface area contributed by atoms with Crippen LogP contribution in [0.5, 0.6) is 0 Å². The molecule has 0 atom stereocenters. The van der Waals surface area contributed by atoms with E-state index in [9.17, 15) is 4.39 Å². The standard InChI is InChI=1S/C20H17FN4/c1-2-22-19-18-17(14-6-4-3-5-7-14)12-25(20(18)24-13-23-19)16-10-8-15(21)9-11-16/h3-13H,2H2,1H3,(H,22,23,24). The van der Waals surface area contributed by atoms with Crippen molar-refractivity contribution in [1.82, 2.24) is 14.5 Å². The van der Waals surface area contributed by atoms with Crippen molar-refractivity contribution in [3.05, 3.63) is 72.9 Å². The number of halogens is 1. The van der Waals surface area contributed by atoms with Gasteiger partial charge in [0.2, 0.25) is 0 Å². The summed E-state index contributed by atoms with van der Waals surface area (Å²) in [6, 6.07) is 16.5. The zero-order valence-electron chi connectivity index (χ0n) is 13.8. The minimum Gasteiger partial charge on any atom is -0.370 e. The fourth-order valence-electron chi connectivity index (χ4n) is 3.00. The second-order valence-electron chi connectivity index (χ2n) is 5.71. The van der Waals surface area contributed by atoms with Crippen LogP contribution in [0.2, 0.25) is 0 Å².